The Bertz CT molecular complexity index is 313. The van der Waals surface area contributed by atoms with Gasteiger partial charge in [0.05, 0.1) is 7.11 Å². The van der Waals surface area contributed by atoms with Gasteiger partial charge in [0.25, 0.3) is 0 Å². The third-order valence-electron chi connectivity index (χ3n) is 2.84. The summed E-state index contributed by atoms with van der Waals surface area (Å²) in [7, 11) is 3.72. The minimum Gasteiger partial charge on any atom is -0.497 e. The highest BCUT2D eigenvalue weighted by Crippen LogP contribution is 2.27. The third-order valence-corrected chi connectivity index (χ3v) is 4.28. The van der Waals surface area contributed by atoms with Gasteiger partial charge in [-0.3, -0.25) is 0 Å². The Labute approximate surface area is 109 Å². The van der Waals surface area contributed by atoms with Crippen LogP contribution in [0.2, 0.25) is 0 Å². The van der Waals surface area contributed by atoms with Crippen molar-refractivity contribution in [1.82, 2.24) is 5.32 Å². The molecule has 3 heteroatoms. The fourth-order valence-corrected chi connectivity index (χ4v) is 2.98. The number of hydrogen-bond acceptors (Lipinski definition) is 3. The van der Waals surface area contributed by atoms with Crippen molar-refractivity contribution in [3.05, 3.63) is 29.8 Å². The molecule has 0 aliphatic rings. The van der Waals surface area contributed by atoms with E-state index in [1.165, 1.54) is 17.7 Å². The predicted octanol–water partition coefficient (Wildman–Crippen LogP) is 3.49. The van der Waals surface area contributed by atoms with E-state index in [4.69, 9.17) is 4.74 Å². The van der Waals surface area contributed by atoms with Crippen molar-refractivity contribution in [2.24, 2.45) is 0 Å². The van der Waals surface area contributed by atoms with Gasteiger partial charge in [0, 0.05) is 11.3 Å². The Kier molecular flexibility index (Phi) is 6.45. The molecule has 0 aliphatic carbocycles. The van der Waals surface area contributed by atoms with Crippen LogP contribution in [-0.4, -0.2) is 25.2 Å². The number of hydrogen-bond donors (Lipinski definition) is 1. The molecule has 2 atom stereocenters. The molecule has 2 unspecified atom stereocenters. The van der Waals surface area contributed by atoms with E-state index in [9.17, 15) is 0 Å². The molecule has 2 nitrogen and oxygen atoms in total. The van der Waals surface area contributed by atoms with Crippen molar-refractivity contribution in [2.45, 2.75) is 31.6 Å². The molecule has 0 fully saturated rings. The molecule has 0 saturated carbocycles. The van der Waals surface area contributed by atoms with Crippen molar-refractivity contribution < 1.29 is 4.74 Å². The summed E-state index contributed by atoms with van der Waals surface area (Å²) in [5, 5.41) is 3.98. The minimum absolute atomic E-state index is 0.400. The molecule has 1 rings (SSSR count). The maximum Gasteiger partial charge on any atom is 0.118 e. The molecular weight excluding hydrogens is 230 g/mol. The SMILES string of the molecule is CCCSC(C)C(NC)c1ccc(OC)cc1. The van der Waals surface area contributed by atoms with E-state index < -0.39 is 0 Å². The fraction of sp³-hybridized carbons (Fsp3) is 0.571. The summed E-state index contributed by atoms with van der Waals surface area (Å²) in [6.45, 7) is 4.51. The minimum atomic E-state index is 0.400. The maximum absolute atomic E-state index is 5.18. The van der Waals surface area contributed by atoms with Gasteiger partial charge in [-0.1, -0.05) is 26.0 Å². The standard InChI is InChI=1S/C14H23NOS/c1-5-10-17-11(2)14(15-3)12-6-8-13(16-4)9-7-12/h6-9,11,14-15H,5,10H2,1-4H3. The van der Waals surface area contributed by atoms with Crippen molar-refractivity contribution in [3.8, 4) is 5.75 Å². The topological polar surface area (TPSA) is 21.3 Å². The van der Waals surface area contributed by atoms with Gasteiger partial charge >= 0.3 is 0 Å². The zero-order chi connectivity index (χ0) is 12.7. The normalized spacial score (nSPS) is 14.4. The lowest BCUT2D eigenvalue weighted by Gasteiger charge is -2.23. The van der Waals surface area contributed by atoms with Crippen LogP contribution < -0.4 is 10.1 Å². The van der Waals surface area contributed by atoms with E-state index in [-0.39, 0.29) is 0 Å². The molecular formula is C14H23NOS. The summed E-state index contributed by atoms with van der Waals surface area (Å²) in [5.74, 6) is 2.13. The van der Waals surface area contributed by atoms with Crippen LogP contribution in [-0.2, 0) is 0 Å². The highest BCUT2D eigenvalue weighted by atomic mass is 32.2. The van der Waals surface area contributed by atoms with E-state index in [1.54, 1.807) is 7.11 Å². The molecule has 96 valence electrons. The highest BCUT2D eigenvalue weighted by molar-refractivity contribution is 7.99. The van der Waals surface area contributed by atoms with E-state index >= 15 is 0 Å². The molecule has 1 aromatic rings. The van der Waals surface area contributed by atoms with Crippen LogP contribution in [0.3, 0.4) is 0 Å². The largest absolute Gasteiger partial charge is 0.497 e. The zero-order valence-electron chi connectivity index (χ0n) is 11.2. The molecule has 1 aromatic carbocycles. The lowest BCUT2D eigenvalue weighted by molar-refractivity contribution is 0.414. The second-order valence-electron chi connectivity index (χ2n) is 4.12. The van der Waals surface area contributed by atoms with Gasteiger partial charge in [-0.2, -0.15) is 11.8 Å². The Morgan fingerprint density at radius 1 is 1.29 bits per heavy atom. The Hall–Kier alpha value is -0.670. The van der Waals surface area contributed by atoms with Gasteiger partial charge in [-0.15, -0.1) is 0 Å². The van der Waals surface area contributed by atoms with E-state index in [2.05, 4.69) is 31.3 Å². The Morgan fingerprint density at radius 2 is 1.94 bits per heavy atom. The molecule has 17 heavy (non-hydrogen) atoms. The van der Waals surface area contributed by atoms with Crippen LogP contribution in [0, 0.1) is 0 Å². The molecule has 0 aromatic heterocycles. The number of ether oxygens (including phenoxy) is 1. The monoisotopic (exact) mass is 253 g/mol. The van der Waals surface area contributed by atoms with Gasteiger partial charge in [-0.25, -0.2) is 0 Å². The predicted molar refractivity (Wildman–Crippen MR) is 77.0 cm³/mol. The first-order valence-corrected chi connectivity index (χ1v) is 7.20. The summed E-state index contributed by atoms with van der Waals surface area (Å²) in [4.78, 5) is 0. The average molecular weight is 253 g/mol. The van der Waals surface area contributed by atoms with Crippen LogP contribution in [0.25, 0.3) is 0 Å². The van der Waals surface area contributed by atoms with Gasteiger partial charge in [-0.05, 0) is 36.9 Å². The maximum atomic E-state index is 5.18. The molecule has 0 aliphatic heterocycles. The summed E-state index contributed by atoms with van der Waals surface area (Å²) >= 11 is 2.02. The van der Waals surface area contributed by atoms with Crippen LogP contribution in [0.1, 0.15) is 31.9 Å². The summed E-state index contributed by atoms with van der Waals surface area (Å²) in [5.41, 5.74) is 1.32. The Balaban J connectivity index is 2.70. The first-order chi connectivity index (χ1) is 8.22. The summed E-state index contributed by atoms with van der Waals surface area (Å²) in [6, 6.07) is 8.73. The molecule has 0 radical (unpaired) electrons. The fourth-order valence-electron chi connectivity index (χ4n) is 1.88. The number of thioether (sulfide) groups is 1. The van der Waals surface area contributed by atoms with Gasteiger partial charge in [0.2, 0.25) is 0 Å². The average Bonchev–Trinajstić information content (AvgIpc) is 2.38. The Morgan fingerprint density at radius 3 is 2.41 bits per heavy atom. The highest BCUT2D eigenvalue weighted by Gasteiger charge is 2.17. The molecule has 0 bridgehead atoms. The van der Waals surface area contributed by atoms with Gasteiger partial charge < -0.3 is 10.1 Å². The number of methoxy groups -OCH3 is 1. The van der Waals surface area contributed by atoms with E-state index in [0.29, 0.717) is 11.3 Å². The summed E-state index contributed by atoms with van der Waals surface area (Å²) < 4.78 is 5.18. The van der Waals surface area contributed by atoms with Gasteiger partial charge in [0.1, 0.15) is 5.75 Å². The van der Waals surface area contributed by atoms with E-state index in [1.807, 2.05) is 30.9 Å². The first-order valence-electron chi connectivity index (χ1n) is 6.15. The number of rotatable bonds is 7. The second kappa shape index (κ2) is 7.62. The van der Waals surface area contributed by atoms with Crippen LogP contribution >= 0.6 is 11.8 Å². The van der Waals surface area contributed by atoms with Crippen LogP contribution in [0.4, 0.5) is 0 Å². The molecule has 0 heterocycles. The number of nitrogens with one attached hydrogen (secondary N) is 1. The quantitative estimate of drug-likeness (QED) is 0.804. The van der Waals surface area contributed by atoms with Crippen LogP contribution in [0.15, 0.2) is 24.3 Å². The lowest BCUT2D eigenvalue weighted by atomic mass is 10.0. The van der Waals surface area contributed by atoms with Crippen molar-refractivity contribution in [3.63, 3.8) is 0 Å². The molecule has 0 amide bonds. The van der Waals surface area contributed by atoms with Gasteiger partial charge in [0.15, 0.2) is 0 Å². The molecule has 0 spiro atoms. The van der Waals surface area contributed by atoms with Crippen molar-refractivity contribution in [1.29, 1.82) is 0 Å². The third kappa shape index (κ3) is 4.25. The first kappa shape index (κ1) is 14.4. The number of benzene rings is 1. The molecule has 0 saturated heterocycles. The van der Waals surface area contributed by atoms with E-state index in [0.717, 1.165) is 5.75 Å². The zero-order valence-corrected chi connectivity index (χ0v) is 12.0. The lowest BCUT2D eigenvalue weighted by Crippen LogP contribution is -2.25. The smallest absolute Gasteiger partial charge is 0.118 e. The summed E-state index contributed by atoms with van der Waals surface area (Å²) in [6.07, 6.45) is 1.23. The van der Waals surface area contributed by atoms with Crippen molar-refractivity contribution >= 4 is 11.8 Å². The second-order valence-corrected chi connectivity index (χ2v) is 5.60. The van der Waals surface area contributed by atoms with Crippen molar-refractivity contribution in [2.75, 3.05) is 19.9 Å². The van der Waals surface area contributed by atoms with Crippen LogP contribution in [0.5, 0.6) is 5.75 Å². The molecule has 1 N–H and O–H groups in total.